The number of likely N-dealkylation sites (tertiary alicyclic amines) is 1. The third-order valence-electron chi connectivity index (χ3n) is 5.33. The molecule has 2 N–H and O–H groups in total. The monoisotopic (exact) mass is 276 g/mol. The van der Waals surface area contributed by atoms with Crippen molar-refractivity contribution in [3.8, 4) is 0 Å². The van der Waals surface area contributed by atoms with Gasteiger partial charge in [-0.15, -0.1) is 0 Å². The van der Waals surface area contributed by atoms with Gasteiger partial charge in [-0.2, -0.15) is 0 Å². The molecule has 110 valence electrons. The first kappa shape index (κ1) is 14.0. The van der Waals surface area contributed by atoms with Crippen LogP contribution in [0.3, 0.4) is 0 Å². The van der Waals surface area contributed by atoms with E-state index in [2.05, 4.69) is 4.90 Å². The third kappa shape index (κ3) is 2.27. The molecule has 1 unspecified atom stereocenters. The van der Waals surface area contributed by atoms with Crippen LogP contribution in [0, 0.1) is 12.7 Å². The molecule has 2 aliphatic rings. The van der Waals surface area contributed by atoms with Crippen LogP contribution < -0.4 is 5.73 Å². The van der Waals surface area contributed by atoms with Gasteiger partial charge in [-0.3, -0.25) is 4.90 Å². The number of aryl methyl sites for hydroxylation is 1. The normalized spacial score (nSPS) is 24.1. The van der Waals surface area contributed by atoms with E-state index in [0.29, 0.717) is 5.56 Å². The van der Waals surface area contributed by atoms with Crippen molar-refractivity contribution in [2.45, 2.75) is 57.0 Å². The van der Waals surface area contributed by atoms with E-state index in [1.165, 1.54) is 51.6 Å². The van der Waals surface area contributed by atoms with E-state index in [4.69, 9.17) is 5.73 Å². The minimum Gasteiger partial charge on any atom is -0.322 e. The fourth-order valence-corrected chi connectivity index (χ4v) is 4.15. The summed E-state index contributed by atoms with van der Waals surface area (Å²) in [7, 11) is 0. The summed E-state index contributed by atoms with van der Waals surface area (Å²) >= 11 is 0. The first-order valence-electron chi connectivity index (χ1n) is 7.90. The maximum absolute atomic E-state index is 13.5. The van der Waals surface area contributed by atoms with E-state index in [1.807, 2.05) is 19.1 Å². The van der Waals surface area contributed by atoms with Crippen LogP contribution in [0.4, 0.5) is 4.39 Å². The van der Waals surface area contributed by atoms with Gasteiger partial charge in [0.1, 0.15) is 5.82 Å². The maximum atomic E-state index is 13.5. The topological polar surface area (TPSA) is 29.3 Å². The zero-order chi connectivity index (χ0) is 14.2. The lowest BCUT2D eigenvalue weighted by atomic mass is 9.82. The van der Waals surface area contributed by atoms with E-state index in [-0.39, 0.29) is 17.4 Å². The second-order valence-corrected chi connectivity index (χ2v) is 6.49. The fraction of sp³-hybridized carbons (Fsp3) is 0.647. The highest BCUT2D eigenvalue weighted by atomic mass is 19.1. The summed E-state index contributed by atoms with van der Waals surface area (Å²) in [6, 6.07) is 5.39. The number of nitrogens with two attached hydrogens (primary N) is 1. The molecule has 3 heteroatoms. The van der Waals surface area contributed by atoms with Crippen molar-refractivity contribution in [3.63, 3.8) is 0 Å². The highest BCUT2D eigenvalue weighted by Gasteiger charge is 2.45. The van der Waals surface area contributed by atoms with Crippen LogP contribution in [0.15, 0.2) is 18.2 Å². The average Bonchev–Trinajstić information content (AvgIpc) is 3.12. The Morgan fingerprint density at radius 1 is 1.15 bits per heavy atom. The minimum absolute atomic E-state index is 0.00222. The molecule has 1 saturated carbocycles. The summed E-state index contributed by atoms with van der Waals surface area (Å²) < 4.78 is 13.5. The average molecular weight is 276 g/mol. The second-order valence-electron chi connectivity index (χ2n) is 6.49. The molecule has 1 aliphatic carbocycles. The predicted molar refractivity (Wildman–Crippen MR) is 80.1 cm³/mol. The number of hydrogen-bond acceptors (Lipinski definition) is 2. The Morgan fingerprint density at radius 2 is 1.80 bits per heavy atom. The van der Waals surface area contributed by atoms with Crippen LogP contribution in [-0.2, 0) is 0 Å². The molecule has 1 aromatic rings. The fourth-order valence-electron chi connectivity index (χ4n) is 4.15. The molecule has 0 radical (unpaired) electrons. The summed E-state index contributed by atoms with van der Waals surface area (Å²) in [4.78, 5) is 2.61. The third-order valence-corrected chi connectivity index (χ3v) is 5.33. The van der Waals surface area contributed by atoms with Crippen LogP contribution in [0.2, 0.25) is 0 Å². The first-order valence-corrected chi connectivity index (χ1v) is 7.90. The van der Waals surface area contributed by atoms with E-state index in [1.54, 1.807) is 6.07 Å². The second kappa shape index (κ2) is 5.45. The Bertz CT molecular complexity index is 474. The zero-order valence-electron chi connectivity index (χ0n) is 12.4. The Kier molecular flexibility index (Phi) is 3.83. The van der Waals surface area contributed by atoms with Gasteiger partial charge in [-0.05, 0) is 62.9 Å². The summed E-state index contributed by atoms with van der Waals surface area (Å²) in [6.07, 6.45) is 7.48. The molecule has 0 amide bonds. The predicted octanol–water partition coefficient (Wildman–Crippen LogP) is 3.54. The molecule has 2 nitrogen and oxygen atoms in total. The van der Waals surface area contributed by atoms with Gasteiger partial charge in [-0.1, -0.05) is 25.0 Å². The number of benzene rings is 1. The van der Waals surface area contributed by atoms with Crippen molar-refractivity contribution in [2.75, 3.05) is 13.1 Å². The molecule has 3 rings (SSSR count). The van der Waals surface area contributed by atoms with Crippen molar-refractivity contribution in [2.24, 2.45) is 5.73 Å². The Balaban J connectivity index is 1.92. The number of halogens is 1. The summed E-state index contributed by atoms with van der Waals surface area (Å²) in [6.45, 7) is 4.17. The molecular weight excluding hydrogens is 251 g/mol. The highest BCUT2D eigenvalue weighted by molar-refractivity contribution is 5.29. The first-order chi connectivity index (χ1) is 9.63. The summed E-state index contributed by atoms with van der Waals surface area (Å²) in [5.74, 6) is -0.136. The van der Waals surface area contributed by atoms with Crippen LogP contribution in [0.1, 0.15) is 55.7 Å². The van der Waals surface area contributed by atoms with Gasteiger partial charge in [0.15, 0.2) is 0 Å². The smallest absolute Gasteiger partial charge is 0.126 e. The van der Waals surface area contributed by atoms with Gasteiger partial charge in [-0.25, -0.2) is 4.39 Å². The van der Waals surface area contributed by atoms with Crippen molar-refractivity contribution >= 4 is 0 Å². The van der Waals surface area contributed by atoms with Gasteiger partial charge >= 0.3 is 0 Å². The Morgan fingerprint density at radius 3 is 2.40 bits per heavy atom. The molecule has 1 aliphatic heterocycles. The molecule has 1 atom stereocenters. The lowest BCUT2D eigenvalue weighted by Gasteiger charge is -2.43. The van der Waals surface area contributed by atoms with Gasteiger partial charge in [0, 0.05) is 11.6 Å². The van der Waals surface area contributed by atoms with Crippen molar-refractivity contribution in [3.05, 3.63) is 35.1 Å². The van der Waals surface area contributed by atoms with E-state index in [9.17, 15) is 4.39 Å². The minimum atomic E-state index is -0.136. The molecular formula is C17H25FN2. The lowest BCUT2D eigenvalue weighted by molar-refractivity contribution is 0.0921. The zero-order valence-corrected chi connectivity index (χ0v) is 12.4. The van der Waals surface area contributed by atoms with Gasteiger partial charge in [0.05, 0.1) is 0 Å². The SMILES string of the molecule is Cc1cc(C(N)C2(N3CCCC3)CCCC2)ccc1F. The summed E-state index contributed by atoms with van der Waals surface area (Å²) in [5, 5.41) is 0. The quantitative estimate of drug-likeness (QED) is 0.915. The number of rotatable bonds is 3. The van der Waals surface area contributed by atoms with E-state index in [0.717, 1.165) is 5.56 Å². The van der Waals surface area contributed by atoms with Gasteiger partial charge < -0.3 is 5.73 Å². The number of nitrogens with zero attached hydrogens (tertiary/aromatic N) is 1. The van der Waals surface area contributed by atoms with Crippen LogP contribution in [0.25, 0.3) is 0 Å². The van der Waals surface area contributed by atoms with Crippen LogP contribution in [-0.4, -0.2) is 23.5 Å². The highest BCUT2D eigenvalue weighted by Crippen LogP contribution is 2.44. The number of hydrogen-bond donors (Lipinski definition) is 1. The summed E-state index contributed by atoms with van der Waals surface area (Å²) in [5.41, 5.74) is 8.58. The molecule has 0 aromatic heterocycles. The van der Waals surface area contributed by atoms with Gasteiger partial charge in [0.2, 0.25) is 0 Å². The molecule has 2 fully saturated rings. The molecule has 0 bridgehead atoms. The molecule has 1 heterocycles. The molecule has 0 spiro atoms. The van der Waals surface area contributed by atoms with Gasteiger partial charge in [0.25, 0.3) is 0 Å². The largest absolute Gasteiger partial charge is 0.322 e. The standard InChI is InChI=1S/C17H25FN2/c1-13-12-14(6-7-15(13)18)16(19)17(8-2-3-9-17)20-10-4-5-11-20/h6-7,12,16H,2-5,8-11,19H2,1H3. The van der Waals surface area contributed by atoms with Crippen LogP contribution in [0.5, 0.6) is 0 Å². The van der Waals surface area contributed by atoms with E-state index < -0.39 is 0 Å². The molecule has 1 aromatic carbocycles. The maximum Gasteiger partial charge on any atom is 0.126 e. The molecule has 1 saturated heterocycles. The van der Waals surface area contributed by atoms with Crippen LogP contribution >= 0.6 is 0 Å². The van der Waals surface area contributed by atoms with Crippen molar-refractivity contribution in [1.29, 1.82) is 0 Å². The Hall–Kier alpha value is -0.930. The lowest BCUT2D eigenvalue weighted by Crippen LogP contribution is -2.52. The molecule has 20 heavy (non-hydrogen) atoms. The Labute approximate surface area is 121 Å². The van der Waals surface area contributed by atoms with Crippen molar-refractivity contribution in [1.82, 2.24) is 4.90 Å². The van der Waals surface area contributed by atoms with Crippen molar-refractivity contribution < 1.29 is 4.39 Å². The van der Waals surface area contributed by atoms with E-state index >= 15 is 0 Å².